The molecule has 0 radical (unpaired) electrons. The van der Waals surface area contributed by atoms with Crippen LogP contribution >= 0.6 is 11.3 Å². The van der Waals surface area contributed by atoms with E-state index in [0.29, 0.717) is 18.3 Å². The van der Waals surface area contributed by atoms with E-state index in [1.807, 2.05) is 42.8 Å². The molecule has 0 bridgehead atoms. The summed E-state index contributed by atoms with van der Waals surface area (Å²) in [5.41, 5.74) is 1.03. The van der Waals surface area contributed by atoms with Crippen molar-refractivity contribution in [2.24, 2.45) is 0 Å². The Bertz CT molecular complexity index is 681. The summed E-state index contributed by atoms with van der Waals surface area (Å²) in [6, 6.07) is 10.1. The van der Waals surface area contributed by atoms with Gasteiger partial charge in [-0.1, -0.05) is 12.1 Å². The van der Waals surface area contributed by atoms with Crippen LogP contribution in [-0.4, -0.2) is 27.1 Å². The van der Waals surface area contributed by atoms with Gasteiger partial charge in [0, 0.05) is 12.2 Å². The van der Waals surface area contributed by atoms with Crippen molar-refractivity contribution >= 4 is 11.3 Å². The van der Waals surface area contributed by atoms with Gasteiger partial charge in [-0.2, -0.15) is 0 Å². The SMILES string of the molecule is CC(c1ccccn1)N(C)Cc1nnc(-c2cccs2)o1. The summed E-state index contributed by atoms with van der Waals surface area (Å²) in [6.45, 7) is 2.70. The van der Waals surface area contributed by atoms with Gasteiger partial charge < -0.3 is 4.42 Å². The third kappa shape index (κ3) is 3.17. The molecule has 1 atom stereocenters. The molecule has 0 N–H and O–H groups in total. The summed E-state index contributed by atoms with van der Waals surface area (Å²) in [5, 5.41) is 10.2. The normalized spacial score (nSPS) is 12.7. The Morgan fingerprint density at radius 3 is 2.86 bits per heavy atom. The summed E-state index contributed by atoms with van der Waals surface area (Å²) in [7, 11) is 2.02. The maximum atomic E-state index is 5.71. The second kappa shape index (κ2) is 6.15. The number of hydrogen-bond acceptors (Lipinski definition) is 6. The molecule has 3 rings (SSSR count). The fourth-order valence-corrected chi connectivity index (χ4v) is 2.66. The van der Waals surface area contributed by atoms with Crippen molar-refractivity contribution in [2.75, 3.05) is 7.05 Å². The molecular weight excluding hydrogens is 284 g/mol. The monoisotopic (exact) mass is 300 g/mol. The van der Waals surface area contributed by atoms with Crippen LogP contribution in [0.25, 0.3) is 10.8 Å². The molecule has 5 nitrogen and oxygen atoms in total. The first-order valence-electron chi connectivity index (χ1n) is 6.71. The quantitative estimate of drug-likeness (QED) is 0.723. The zero-order chi connectivity index (χ0) is 14.7. The maximum Gasteiger partial charge on any atom is 0.257 e. The molecule has 0 aromatic carbocycles. The van der Waals surface area contributed by atoms with E-state index < -0.39 is 0 Å². The molecule has 1 unspecified atom stereocenters. The van der Waals surface area contributed by atoms with Crippen molar-refractivity contribution in [1.29, 1.82) is 0 Å². The van der Waals surface area contributed by atoms with Crippen LogP contribution < -0.4 is 0 Å². The summed E-state index contributed by atoms with van der Waals surface area (Å²) in [6.07, 6.45) is 1.81. The van der Waals surface area contributed by atoms with Gasteiger partial charge in [0.05, 0.1) is 17.1 Å². The topological polar surface area (TPSA) is 55.1 Å². The number of thiophene rings is 1. The number of aromatic nitrogens is 3. The number of rotatable bonds is 5. The summed E-state index contributed by atoms with van der Waals surface area (Å²) >= 11 is 1.59. The first-order valence-corrected chi connectivity index (χ1v) is 7.59. The number of pyridine rings is 1. The zero-order valence-corrected chi connectivity index (χ0v) is 12.7. The molecule has 3 heterocycles. The molecule has 0 saturated carbocycles. The summed E-state index contributed by atoms with van der Waals surface area (Å²) in [5.74, 6) is 1.20. The van der Waals surface area contributed by atoms with E-state index in [1.54, 1.807) is 17.5 Å². The highest BCUT2D eigenvalue weighted by atomic mass is 32.1. The van der Waals surface area contributed by atoms with Crippen LogP contribution in [0.1, 0.15) is 24.6 Å². The van der Waals surface area contributed by atoms with Gasteiger partial charge in [-0.3, -0.25) is 9.88 Å². The van der Waals surface area contributed by atoms with Gasteiger partial charge in [-0.25, -0.2) is 0 Å². The predicted molar refractivity (Wildman–Crippen MR) is 81.7 cm³/mol. The molecule has 0 amide bonds. The number of nitrogens with zero attached hydrogens (tertiary/aromatic N) is 4. The van der Waals surface area contributed by atoms with Crippen LogP contribution in [0.5, 0.6) is 0 Å². The van der Waals surface area contributed by atoms with Crippen molar-refractivity contribution < 1.29 is 4.42 Å². The maximum absolute atomic E-state index is 5.71. The van der Waals surface area contributed by atoms with E-state index in [-0.39, 0.29) is 6.04 Å². The minimum Gasteiger partial charge on any atom is -0.419 e. The lowest BCUT2D eigenvalue weighted by Gasteiger charge is -2.22. The van der Waals surface area contributed by atoms with E-state index in [2.05, 4.69) is 27.0 Å². The second-order valence-corrected chi connectivity index (χ2v) is 5.77. The van der Waals surface area contributed by atoms with Gasteiger partial charge in [-0.05, 0) is 37.6 Å². The van der Waals surface area contributed by atoms with Crippen molar-refractivity contribution in [3.8, 4) is 10.8 Å². The van der Waals surface area contributed by atoms with Crippen LogP contribution in [0.3, 0.4) is 0 Å². The Hall–Kier alpha value is -2.05. The van der Waals surface area contributed by atoms with Gasteiger partial charge in [0.15, 0.2) is 0 Å². The average molecular weight is 300 g/mol. The third-order valence-corrected chi connectivity index (χ3v) is 4.22. The smallest absolute Gasteiger partial charge is 0.257 e. The molecule has 0 aliphatic carbocycles. The average Bonchev–Trinajstić information content (AvgIpc) is 3.18. The lowest BCUT2D eigenvalue weighted by Crippen LogP contribution is -2.22. The predicted octanol–water partition coefficient (Wildman–Crippen LogP) is 3.39. The fourth-order valence-electron chi connectivity index (χ4n) is 2.02. The van der Waals surface area contributed by atoms with Gasteiger partial charge in [0.1, 0.15) is 0 Å². The molecule has 0 saturated heterocycles. The molecule has 6 heteroatoms. The minimum absolute atomic E-state index is 0.184. The molecule has 108 valence electrons. The van der Waals surface area contributed by atoms with Crippen molar-refractivity contribution in [3.63, 3.8) is 0 Å². The minimum atomic E-state index is 0.184. The Kier molecular flexibility index (Phi) is 4.08. The molecule has 0 aliphatic rings. The first kappa shape index (κ1) is 13.9. The highest BCUT2D eigenvalue weighted by molar-refractivity contribution is 7.13. The molecular formula is C15H16N4OS. The standard InChI is InChI=1S/C15H16N4OS/c1-11(12-6-3-4-8-16-12)19(2)10-14-17-18-15(20-14)13-7-5-9-21-13/h3-9,11H,10H2,1-2H3. The van der Waals surface area contributed by atoms with Crippen LogP contribution in [-0.2, 0) is 6.54 Å². The molecule has 0 spiro atoms. The summed E-state index contributed by atoms with van der Waals surface area (Å²) < 4.78 is 5.71. The van der Waals surface area contributed by atoms with Crippen LogP contribution in [0.4, 0.5) is 0 Å². The molecule has 3 aromatic rings. The van der Waals surface area contributed by atoms with Gasteiger partial charge in [-0.15, -0.1) is 21.5 Å². The van der Waals surface area contributed by atoms with Gasteiger partial charge in [0.25, 0.3) is 5.89 Å². The third-order valence-electron chi connectivity index (χ3n) is 3.36. The zero-order valence-electron chi connectivity index (χ0n) is 11.9. The van der Waals surface area contributed by atoms with E-state index in [0.717, 1.165) is 10.6 Å². The largest absolute Gasteiger partial charge is 0.419 e. The van der Waals surface area contributed by atoms with Crippen LogP contribution in [0, 0.1) is 0 Å². The lowest BCUT2D eigenvalue weighted by atomic mass is 10.2. The van der Waals surface area contributed by atoms with E-state index in [4.69, 9.17) is 4.42 Å². The molecule has 0 aliphatic heterocycles. The highest BCUT2D eigenvalue weighted by Crippen LogP contribution is 2.24. The lowest BCUT2D eigenvalue weighted by molar-refractivity contribution is 0.225. The van der Waals surface area contributed by atoms with Gasteiger partial charge >= 0.3 is 0 Å². The Balaban J connectivity index is 1.69. The molecule has 3 aromatic heterocycles. The van der Waals surface area contributed by atoms with Crippen molar-refractivity contribution in [3.05, 3.63) is 53.5 Å². The second-order valence-electron chi connectivity index (χ2n) is 4.82. The van der Waals surface area contributed by atoms with Crippen LogP contribution in [0.2, 0.25) is 0 Å². The van der Waals surface area contributed by atoms with Crippen molar-refractivity contribution in [1.82, 2.24) is 20.1 Å². The van der Waals surface area contributed by atoms with E-state index >= 15 is 0 Å². The van der Waals surface area contributed by atoms with Crippen molar-refractivity contribution in [2.45, 2.75) is 19.5 Å². The number of hydrogen-bond donors (Lipinski definition) is 0. The highest BCUT2D eigenvalue weighted by Gasteiger charge is 2.16. The Labute approximate surface area is 127 Å². The van der Waals surface area contributed by atoms with E-state index in [9.17, 15) is 0 Å². The summed E-state index contributed by atoms with van der Waals surface area (Å²) in [4.78, 5) is 7.51. The van der Waals surface area contributed by atoms with Gasteiger partial charge in [0.2, 0.25) is 5.89 Å². The van der Waals surface area contributed by atoms with Crippen LogP contribution in [0.15, 0.2) is 46.3 Å². The molecule has 21 heavy (non-hydrogen) atoms. The Morgan fingerprint density at radius 2 is 2.14 bits per heavy atom. The fraction of sp³-hybridized carbons (Fsp3) is 0.267. The van der Waals surface area contributed by atoms with E-state index in [1.165, 1.54) is 0 Å². The first-order chi connectivity index (χ1) is 10.2. The Morgan fingerprint density at radius 1 is 1.24 bits per heavy atom. The molecule has 0 fully saturated rings.